The Morgan fingerprint density at radius 3 is 2.24 bits per heavy atom. The highest BCUT2D eigenvalue weighted by molar-refractivity contribution is 7.87. The molecule has 230 valence electrons. The van der Waals surface area contributed by atoms with Gasteiger partial charge in [-0.15, -0.1) is 0 Å². The fraction of sp³-hybridized carbons (Fsp3) is 0.121. The zero-order valence-electron chi connectivity index (χ0n) is 24.2. The number of carbonyl (C=O) groups is 3. The summed E-state index contributed by atoms with van der Waals surface area (Å²) in [6.45, 7) is 3.96. The van der Waals surface area contributed by atoms with Crippen LogP contribution in [0.25, 0.3) is 6.08 Å². The van der Waals surface area contributed by atoms with E-state index in [2.05, 4.69) is 5.32 Å². The summed E-state index contributed by atoms with van der Waals surface area (Å²) in [5.41, 5.74) is 1.91. The van der Waals surface area contributed by atoms with Crippen molar-refractivity contribution in [2.45, 2.75) is 25.3 Å². The Labute approximate surface area is 264 Å². The Balaban J connectivity index is 1.40. The molecule has 0 atom stereocenters. The molecule has 0 saturated carbocycles. The number of barbiturate groups is 1. The molecule has 12 heteroatoms. The number of ether oxygens (including phenoxy) is 2. The number of benzene rings is 4. The molecule has 1 saturated heterocycles. The van der Waals surface area contributed by atoms with Crippen molar-refractivity contribution >= 4 is 51.3 Å². The van der Waals surface area contributed by atoms with E-state index in [1.165, 1.54) is 42.5 Å². The van der Waals surface area contributed by atoms with E-state index in [1.807, 2.05) is 37.3 Å². The molecule has 4 aromatic carbocycles. The SMILES string of the molecule is CCOc1cc(/C=C2\C(=O)NC(=O)N(c3ccc(OCc4ccccc4)cc3)C2=O)cc(Cl)c1OS(=O)(=O)c1ccc(C)cc1. The number of amides is 4. The molecule has 0 aromatic heterocycles. The van der Waals surface area contributed by atoms with Gasteiger partial charge in [-0.2, -0.15) is 8.42 Å². The van der Waals surface area contributed by atoms with Gasteiger partial charge in [-0.25, -0.2) is 9.69 Å². The maximum Gasteiger partial charge on any atom is 0.339 e. The molecule has 1 heterocycles. The molecule has 0 radical (unpaired) electrons. The van der Waals surface area contributed by atoms with Crippen molar-refractivity contribution in [3.63, 3.8) is 0 Å². The van der Waals surface area contributed by atoms with Gasteiger partial charge < -0.3 is 13.7 Å². The van der Waals surface area contributed by atoms with Gasteiger partial charge in [0.05, 0.1) is 17.3 Å². The third-order valence-electron chi connectivity index (χ3n) is 6.59. The number of carbonyl (C=O) groups excluding carboxylic acids is 3. The molecule has 0 unspecified atom stereocenters. The summed E-state index contributed by atoms with van der Waals surface area (Å²) in [6, 6.07) is 23.7. The highest BCUT2D eigenvalue weighted by atomic mass is 35.5. The van der Waals surface area contributed by atoms with Crippen LogP contribution < -0.4 is 23.9 Å². The van der Waals surface area contributed by atoms with E-state index in [-0.39, 0.29) is 44.8 Å². The summed E-state index contributed by atoms with van der Waals surface area (Å²) in [6.07, 6.45) is 1.22. The molecule has 4 aromatic rings. The van der Waals surface area contributed by atoms with Crippen LogP contribution in [0.15, 0.2) is 101 Å². The topological polar surface area (TPSA) is 128 Å². The number of nitrogens with zero attached hydrogens (tertiary/aromatic N) is 1. The van der Waals surface area contributed by atoms with Crippen LogP contribution in [0.3, 0.4) is 0 Å². The first-order chi connectivity index (χ1) is 21.6. The minimum absolute atomic E-state index is 0.0322. The highest BCUT2D eigenvalue weighted by Crippen LogP contribution is 2.39. The quantitative estimate of drug-likeness (QED) is 0.125. The monoisotopic (exact) mass is 646 g/mol. The van der Waals surface area contributed by atoms with Gasteiger partial charge in [0.2, 0.25) is 5.75 Å². The number of hydrogen-bond donors (Lipinski definition) is 1. The summed E-state index contributed by atoms with van der Waals surface area (Å²) in [4.78, 5) is 39.7. The van der Waals surface area contributed by atoms with Gasteiger partial charge in [-0.1, -0.05) is 59.6 Å². The fourth-order valence-corrected chi connectivity index (χ4v) is 5.63. The third kappa shape index (κ3) is 7.17. The molecule has 1 fully saturated rings. The summed E-state index contributed by atoms with van der Waals surface area (Å²) in [7, 11) is -4.27. The largest absolute Gasteiger partial charge is 0.490 e. The van der Waals surface area contributed by atoms with E-state index in [1.54, 1.807) is 31.2 Å². The molecular weight excluding hydrogens is 620 g/mol. The minimum atomic E-state index is -4.27. The predicted octanol–water partition coefficient (Wildman–Crippen LogP) is 6.06. The van der Waals surface area contributed by atoms with Crippen LogP contribution in [0.2, 0.25) is 5.02 Å². The van der Waals surface area contributed by atoms with Crippen LogP contribution >= 0.6 is 11.6 Å². The average Bonchev–Trinajstić information content (AvgIpc) is 3.01. The van der Waals surface area contributed by atoms with Crippen LogP contribution in [0, 0.1) is 6.92 Å². The lowest BCUT2D eigenvalue weighted by atomic mass is 10.1. The Hall–Kier alpha value is -5.13. The van der Waals surface area contributed by atoms with Crippen molar-refractivity contribution in [2.75, 3.05) is 11.5 Å². The smallest absolute Gasteiger partial charge is 0.339 e. The van der Waals surface area contributed by atoms with Crippen LogP contribution in [0.4, 0.5) is 10.5 Å². The molecule has 0 aliphatic carbocycles. The molecule has 5 rings (SSSR count). The number of imide groups is 2. The van der Waals surface area contributed by atoms with Crippen molar-refractivity contribution < 1.29 is 36.5 Å². The van der Waals surface area contributed by atoms with Gasteiger partial charge in [0.1, 0.15) is 22.8 Å². The van der Waals surface area contributed by atoms with E-state index in [0.29, 0.717) is 12.4 Å². The molecule has 1 N–H and O–H groups in total. The van der Waals surface area contributed by atoms with E-state index < -0.39 is 28.0 Å². The summed E-state index contributed by atoms with van der Waals surface area (Å²) < 4.78 is 42.6. The molecule has 1 aliphatic rings. The number of halogens is 1. The number of rotatable bonds is 10. The predicted molar refractivity (Wildman–Crippen MR) is 168 cm³/mol. The average molecular weight is 647 g/mol. The summed E-state index contributed by atoms with van der Waals surface area (Å²) in [5.74, 6) is -1.56. The lowest BCUT2D eigenvalue weighted by Gasteiger charge is -2.26. The zero-order valence-corrected chi connectivity index (χ0v) is 25.7. The highest BCUT2D eigenvalue weighted by Gasteiger charge is 2.37. The first-order valence-corrected chi connectivity index (χ1v) is 15.5. The Morgan fingerprint density at radius 2 is 1.58 bits per heavy atom. The summed E-state index contributed by atoms with van der Waals surface area (Å²) >= 11 is 6.45. The number of aryl methyl sites for hydroxylation is 1. The lowest BCUT2D eigenvalue weighted by molar-refractivity contribution is -0.122. The van der Waals surface area contributed by atoms with E-state index in [0.717, 1.165) is 16.0 Å². The lowest BCUT2D eigenvalue weighted by Crippen LogP contribution is -2.54. The van der Waals surface area contributed by atoms with Gasteiger partial charge in [-0.05, 0) is 79.6 Å². The Morgan fingerprint density at radius 1 is 0.889 bits per heavy atom. The maximum absolute atomic E-state index is 13.5. The van der Waals surface area contributed by atoms with Gasteiger partial charge in [0.25, 0.3) is 11.8 Å². The molecule has 0 spiro atoms. The maximum atomic E-state index is 13.5. The third-order valence-corrected chi connectivity index (χ3v) is 8.11. The van der Waals surface area contributed by atoms with Gasteiger partial charge >= 0.3 is 16.1 Å². The minimum Gasteiger partial charge on any atom is -0.490 e. The van der Waals surface area contributed by atoms with Crippen molar-refractivity contribution in [3.05, 3.63) is 118 Å². The van der Waals surface area contributed by atoms with E-state index in [9.17, 15) is 22.8 Å². The number of anilines is 1. The second-order valence-electron chi connectivity index (χ2n) is 9.84. The normalized spacial score (nSPS) is 14.3. The Kier molecular flexibility index (Phi) is 9.21. The van der Waals surface area contributed by atoms with Crippen LogP contribution in [0.5, 0.6) is 17.2 Å². The van der Waals surface area contributed by atoms with Gasteiger partial charge in [0.15, 0.2) is 5.75 Å². The van der Waals surface area contributed by atoms with E-state index in [4.69, 9.17) is 25.3 Å². The molecule has 0 bridgehead atoms. The molecule has 4 amide bonds. The van der Waals surface area contributed by atoms with E-state index >= 15 is 0 Å². The van der Waals surface area contributed by atoms with Crippen LogP contribution in [-0.2, 0) is 26.3 Å². The number of hydrogen-bond acceptors (Lipinski definition) is 8. The molecule has 10 nitrogen and oxygen atoms in total. The fourth-order valence-electron chi connectivity index (χ4n) is 4.37. The van der Waals surface area contributed by atoms with Crippen molar-refractivity contribution in [1.82, 2.24) is 5.32 Å². The second kappa shape index (κ2) is 13.2. The number of urea groups is 1. The first-order valence-electron chi connectivity index (χ1n) is 13.7. The van der Waals surface area contributed by atoms with Gasteiger partial charge in [-0.3, -0.25) is 14.9 Å². The Bertz CT molecular complexity index is 1890. The second-order valence-corrected chi connectivity index (χ2v) is 11.8. The molecular formula is C33H27ClN2O8S. The summed E-state index contributed by atoms with van der Waals surface area (Å²) in [5, 5.41) is 2.02. The van der Waals surface area contributed by atoms with Crippen molar-refractivity contribution in [3.8, 4) is 17.2 Å². The van der Waals surface area contributed by atoms with Crippen LogP contribution in [0.1, 0.15) is 23.6 Å². The van der Waals surface area contributed by atoms with Gasteiger partial charge in [0, 0.05) is 0 Å². The standard InChI is InChI=1S/C33H27ClN2O8S/c1-3-42-29-19-23(18-28(34)30(29)44-45(40,41)26-15-9-21(2)10-16-26)17-27-31(37)35-33(39)36(32(27)38)24-11-13-25(14-12-24)43-20-22-7-5-4-6-8-22/h4-19H,3,20H2,1-2H3,(H,35,37,39)/b27-17+. The number of nitrogens with one attached hydrogen (secondary N) is 1. The first kappa shape index (κ1) is 31.3. The molecule has 45 heavy (non-hydrogen) atoms. The van der Waals surface area contributed by atoms with Crippen LogP contribution in [-0.4, -0.2) is 32.9 Å². The molecule has 1 aliphatic heterocycles. The van der Waals surface area contributed by atoms with Crippen molar-refractivity contribution in [1.29, 1.82) is 0 Å². The van der Waals surface area contributed by atoms with Crippen molar-refractivity contribution in [2.24, 2.45) is 0 Å². The zero-order chi connectivity index (χ0) is 32.1.